The monoisotopic (exact) mass is 419 g/mol. The van der Waals surface area contributed by atoms with Gasteiger partial charge >= 0.3 is 0 Å². The molecule has 0 aliphatic heterocycles. The van der Waals surface area contributed by atoms with Crippen LogP contribution >= 0.6 is 0 Å². The Bertz CT molecular complexity index is 1220. The summed E-state index contributed by atoms with van der Waals surface area (Å²) in [6.07, 6.45) is 0. The van der Waals surface area contributed by atoms with Gasteiger partial charge in [0.1, 0.15) is 5.75 Å². The van der Waals surface area contributed by atoms with Gasteiger partial charge in [-0.15, -0.1) is 0 Å². The number of hydrogen-bond donors (Lipinski definition) is 3. The molecule has 0 unspecified atom stereocenters. The van der Waals surface area contributed by atoms with Gasteiger partial charge in [0.15, 0.2) is 0 Å². The molecule has 0 aromatic heterocycles. The molecule has 0 saturated heterocycles. The zero-order valence-corrected chi connectivity index (χ0v) is 16.3. The van der Waals surface area contributed by atoms with Crippen molar-refractivity contribution < 1.29 is 26.5 Å². The van der Waals surface area contributed by atoms with Crippen LogP contribution in [0.5, 0.6) is 5.75 Å². The van der Waals surface area contributed by atoms with E-state index in [1.54, 1.807) is 49.4 Å². The van der Waals surface area contributed by atoms with Crippen molar-refractivity contribution in [1.82, 2.24) is 0 Å². The van der Waals surface area contributed by atoms with E-state index in [2.05, 4.69) is 4.72 Å². The lowest BCUT2D eigenvalue weighted by Gasteiger charge is -2.14. The van der Waals surface area contributed by atoms with E-state index in [1.165, 1.54) is 12.1 Å². The number of benzene rings is 3. The van der Waals surface area contributed by atoms with Gasteiger partial charge in [-0.25, -0.2) is 8.42 Å². The number of rotatable bonds is 5. The third-order valence-corrected chi connectivity index (χ3v) is 6.25. The lowest BCUT2D eigenvalue weighted by Crippen LogP contribution is -2.14. The second-order valence-electron chi connectivity index (χ2n) is 6.13. The van der Waals surface area contributed by atoms with Gasteiger partial charge in [-0.1, -0.05) is 48.0 Å². The van der Waals surface area contributed by atoms with Crippen molar-refractivity contribution in [1.29, 1.82) is 0 Å². The van der Waals surface area contributed by atoms with Crippen LogP contribution in [0.3, 0.4) is 0 Å². The van der Waals surface area contributed by atoms with Crippen LogP contribution < -0.4 is 4.72 Å². The summed E-state index contributed by atoms with van der Waals surface area (Å²) in [5.41, 5.74) is 0.995. The summed E-state index contributed by atoms with van der Waals surface area (Å²) in [5.74, 6) is -0.464. The first-order valence-electron chi connectivity index (χ1n) is 8.07. The Hall–Kier alpha value is -2.88. The fraction of sp³-hybridized carbons (Fsp3) is 0.0526. The molecule has 0 atom stereocenters. The molecule has 0 radical (unpaired) electrons. The fourth-order valence-electron chi connectivity index (χ4n) is 2.59. The summed E-state index contributed by atoms with van der Waals surface area (Å²) in [7, 11) is -8.74. The molecule has 3 N–H and O–H groups in total. The van der Waals surface area contributed by atoms with Crippen LogP contribution in [0, 0.1) is 6.92 Å². The Morgan fingerprint density at radius 2 is 1.43 bits per heavy atom. The first-order valence-corrected chi connectivity index (χ1v) is 11.0. The van der Waals surface area contributed by atoms with Crippen molar-refractivity contribution in [3.05, 3.63) is 72.3 Å². The van der Waals surface area contributed by atoms with Crippen LogP contribution in [0.25, 0.3) is 11.1 Å². The molecule has 0 saturated carbocycles. The Labute approximate surface area is 163 Å². The normalized spacial score (nSPS) is 11.9. The Balaban J connectivity index is 2.16. The van der Waals surface area contributed by atoms with E-state index in [1.807, 2.05) is 0 Å². The maximum Gasteiger partial charge on any atom is 0.294 e. The first kappa shape index (κ1) is 19.9. The quantitative estimate of drug-likeness (QED) is 0.430. The summed E-state index contributed by atoms with van der Waals surface area (Å²) >= 11 is 0. The molecule has 0 amide bonds. The third kappa shape index (κ3) is 4.16. The number of aryl methyl sites for hydroxylation is 1. The van der Waals surface area contributed by atoms with Crippen molar-refractivity contribution in [2.75, 3.05) is 4.72 Å². The van der Waals surface area contributed by atoms with Crippen LogP contribution in [0.4, 0.5) is 5.69 Å². The highest BCUT2D eigenvalue weighted by Crippen LogP contribution is 2.39. The molecule has 7 nitrogen and oxygen atoms in total. The van der Waals surface area contributed by atoms with Crippen molar-refractivity contribution in [2.45, 2.75) is 16.7 Å². The minimum absolute atomic E-state index is 0.0531. The number of sulfonamides is 1. The molecule has 0 aliphatic rings. The summed E-state index contributed by atoms with van der Waals surface area (Å²) in [4.78, 5) is -0.609. The highest BCUT2D eigenvalue weighted by molar-refractivity contribution is 7.92. The predicted octanol–water partition coefficient (Wildman–Crippen LogP) is 3.42. The molecule has 0 fully saturated rings. The topological polar surface area (TPSA) is 121 Å². The molecule has 28 heavy (non-hydrogen) atoms. The lowest BCUT2D eigenvalue weighted by molar-refractivity contribution is 0.476. The number of aromatic hydroxyl groups is 1. The molecule has 3 aromatic rings. The minimum Gasteiger partial charge on any atom is -0.505 e. The molecule has 0 aliphatic carbocycles. The molecule has 0 spiro atoms. The van der Waals surface area contributed by atoms with Gasteiger partial charge < -0.3 is 5.11 Å². The molecule has 3 aromatic carbocycles. The van der Waals surface area contributed by atoms with Crippen LogP contribution in [0.15, 0.2) is 76.5 Å². The van der Waals surface area contributed by atoms with Gasteiger partial charge in [-0.2, -0.15) is 8.42 Å². The summed E-state index contributed by atoms with van der Waals surface area (Å²) in [6, 6.07) is 16.2. The van der Waals surface area contributed by atoms with Gasteiger partial charge in [-0.05, 0) is 36.8 Å². The average molecular weight is 419 g/mol. The van der Waals surface area contributed by atoms with E-state index in [-0.39, 0.29) is 16.1 Å². The maximum absolute atomic E-state index is 12.6. The maximum atomic E-state index is 12.6. The van der Waals surface area contributed by atoms with Crippen molar-refractivity contribution in [2.24, 2.45) is 0 Å². The summed E-state index contributed by atoms with van der Waals surface area (Å²) in [6.45, 7) is 1.80. The molecule has 3 rings (SSSR count). The lowest BCUT2D eigenvalue weighted by atomic mass is 10.0. The molecule has 146 valence electrons. The van der Waals surface area contributed by atoms with Crippen molar-refractivity contribution in [3.63, 3.8) is 0 Å². The van der Waals surface area contributed by atoms with Crippen molar-refractivity contribution in [3.8, 4) is 16.9 Å². The number of phenols is 1. The van der Waals surface area contributed by atoms with Gasteiger partial charge in [0.2, 0.25) is 0 Å². The average Bonchev–Trinajstić information content (AvgIpc) is 2.63. The second kappa shape index (κ2) is 7.27. The molecule has 0 heterocycles. The standard InChI is InChI=1S/C19H17NO6S2/c1-13-7-9-15(10-8-13)27(22,23)20-18-12-16(28(24,25)26)11-17(19(18)21)14-5-3-2-4-6-14/h2-12,20-21H,1H3,(H,24,25,26). The number of hydrogen-bond acceptors (Lipinski definition) is 5. The largest absolute Gasteiger partial charge is 0.505 e. The van der Waals surface area contributed by atoms with E-state index in [4.69, 9.17) is 0 Å². The van der Waals surface area contributed by atoms with Gasteiger partial charge in [0, 0.05) is 5.56 Å². The number of phenolic OH excluding ortho intramolecular Hbond substituents is 1. The van der Waals surface area contributed by atoms with Crippen molar-refractivity contribution >= 4 is 25.8 Å². The highest BCUT2D eigenvalue weighted by Gasteiger charge is 2.22. The van der Waals surface area contributed by atoms with E-state index in [0.29, 0.717) is 5.56 Å². The number of anilines is 1. The van der Waals surface area contributed by atoms with Crippen LogP contribution in [0.1, 0.15) is 5.56 Å². The van der Waals surface area contributed by atoms with E-state index in [9.17, 15) is 26.5 Å². The Kier molecular flexibility index (Phi) is 5.16. The van der Waals surface area contributed by atoms with E-state index < -0.39 is 30.8 Å². The first-order chi connectivity index (χ1) is 13.1. The van der Waals surface area contributed by atoms with Crippen LogP contribution in [-0.2, 0) is 20.1 Å². The highest BCUT2D eigenvalue weighted by atomic mass is 32.2. The predicted molar refractivity (Wildman–Crippen MR) is 105 cm³/mol. The Morgan fingerprint density at radius 1 is 0.821 bits per heavy atom. The summed E-state index contributed by atoms with van der Waals surface area (Å²) < 4.78 is 60.2. The molecule has 9 heteroatoms. The third-order valence-electron chi connectivity index (χ3n) is 4.04. The van der Waals surface area contributed by atoms with Crippen LogP contribution in [-0.4, -0.2) is 26.5 Å². The number of nitrogens with one attached hydrogen (secondary N) is 1. The zero-order valence-electron chi connectivity index (χ0n) is 14.7. The molecular formula is C19H17NO6S2. The summed E-state index contributed by atoms with van der Waals surface area (Å²) in [5, 5.41) is 10.6. The van der Waals surface area contributed by atoms with Crippen LogP contribution in [0.2, 0.25) is 0 Å². The second-order valence-corrected chi connectivity index (χ2v) is 9.23. The van der Waals surface area contributed by atoms with Gasteiger partial charge in [0.05, 0.1) is 15.5 Å². The SMILES string of the molecule is Cc1ccc(S(=O)(=O)Nc2cc(S(=O)(=O)O)cc(-c3ccccc3)c2O)cc1. The van der Waals surface area contributed by atoms with Gasteiger partial charge in [-0.3, -0.25) is 9.27 Å². The zero-order chi connectivity index (χ0) is 20.5. The van der Waals surface area contributed by atoms with E-state index >= 15 is 0 Å². The minimum atomic E-state index is -4.64. The van der Waals surface area contributed by atoms with Gasteiger partial charge in [0.25, 0.3) is 20.1 Å². The molecule has 0 bridgehead atoms. The smallest absolute Gasteiger partial charge is 0.294 e. The van der Waals surface area contributed by atoms with E-state index in [0.717, 1.165) is 17.7 Å². The fourth-order valence-corrected chi connectivity index (χ4v) is 4.18. The Morgan fingerprint density at radius 3 is 2.00 bits per heavy atom. The molecular weight excluding hydrogens is 402 g/mol.